The van der Waals surface area contributed by atoms with E-state index in [0.29, 0.717) is 18.4 Å². The van der Waals surface area contributed by atoms with Crippen LogP contribution >= 0.6 is 0 Å². The molecule has 26 heavy (non-hydrogen) atoms. The number of ether oxygens (including phenoxy) is 1. The van der Waals surface area contributed by atoms with Gasteiger partial charge in [0.25, 0.3) is 0 Å². The molecule has 0 unspecified atom stereocenters. The molecule has 0 heterocycles. The van der Waals surface area contributed by atoms with Gasteiger partial charge in [-0.2, -0.15) is 0 Å². The summed E-state index contributed by atoms with van der Waals surface area (Å²) in [6.07, 6.45) is 1.69. The summed E-state index contributed by atoms with van der Waals surface area (Å²) in [4.78, 5) is 25.0. The smallest absolute Gasteiger partial charge is 0.328 e. The third kappa shape index (κ3) is 3.29. The predicted octanol–water partition coefficient (Wildman–Crippen LogP) is 3.20. The van der Waals surface area contributed by atoms with Crippen LogP contribution in [0.4, 0.5) is 0 Å². The molecule has 5 nitrogen and oxygen atoms in total. The van der Waals surface area contributed by atoms with E-state index >= 15 is 0 Å². The predicted molar refractivity (Wildman–Crippen MR) is 96.6 cm³/mol. The zero-order chi connectivity index (χ0) is 18.6. The van der Waals surface area contributed by atoms with Crippen molar-refractivity contribution in [2.45, 2.75) is 35.3 Å². The highest BCUT2D eigenvalue weighted by molar-refractivity contribution is 7.93. The van der Waals surface area contributed by atoms with Crippen LogP contribution in [-0.2, 0) is 19.4 Å². The van der Waals surface area contributed by atoms with E-state index in [0.717, 1.165) is 0 Å². The molecule has 0 bridgehead atoms. The molecule has 1 fully saturated rings. The van der Waals surface area contributed by atoms with E-state index in [4.69, 9.17) is 4.74 Å². The number of benzene rings is 2. The molecule has 1 aliphatic carbocycles. The van der Waals surface area contributed by atoms with Gasteiger partial charge in [0.1, 0.15) is 0 Å². The van der Waals surface area contributed by atoms with Gasteiger partial charge in [0.05, 0.1) is 4.90 Å². The second-order valence-corrected chi connectivity index (χ2v) is 8.64. The maximum atomic E-state index is 13.1. The molecule has 6 heteroatoms. The van der Waals surface area contributed by atoms with Crippen molar-refractivity contribution in [3.8, 4) is 0 Å². The summed E-state index contributed by atoms with van der Waals surface area (Å²) in [5.74, 6) is -1.19. The van der Waals surface area contributed by atoms with Crippen molar-refractivity contribution >= 4 is 21.6 Å². The number of hydrogen-bond acceptors (Lipinski definition) is 5. The van der Waals surface area contributed by atoms with Crippen molar-refractivity contribution in [1.29, 1.82) is 0 Å². The quantitative estimate of drug-likeness (QED) is 0.575. The Morgan fingerprint density at radius 3 is 2.00 bits per heavy atom. The summed E-state index contributed by atoms with van der Waals surface area (Å²) in [7, 11) is -3.90. The van der Waals surface area contributed by atoms with Crippen molar-refractivity contribution in [3.63, 3.8) is 0 Å². The first-order chi connectivity index (χ1) is 12.5. The third-order valence-corrected chi connectivity index (χ3v) is 7.28. The fourth-order valence-corrected chi connectivity index (χ4v) is 5.40. The Labute approximate surface area is 152 Å². The first-order valence-corrected chi connectivity index (χ1v) is 10.0. The normalized spacial score (nSPS) is 16.2. The molecule has 0 aliphatic heterocycles. The number of sulfone groups is 1. The van der Waals surface area contributed by atoms with Crippen LogP contribution in [0.2, 0.25) is 0 Å². The zero-order valence-corrected chi connectivity index (χ0v) is 15.1. The van der Waals surface area contributed by atoms with E-state index in [2.05, 4.69) is 0 Å². The molecule has 2 aromatic carbocycles. The van der Waals surface area contributed by atoms with E-state index in [1.54, 1.807) is 48.5 Å². The Balaban J connectivity index is 1.81. The minimum absolute atomic E-state index is 0.105. The number of esters is 1. The Bertz CT molecular complexity index is 882. The van der Waals surface area contributed by atoms with E-state index < -0.39 is 27.2 Å². The van der Waals surface area contributed by atoms with Crippen LogP contribution < -0.4 is 0 Å². The van der Waals surface area contributed by atoms with Gasteiger partial charge in [-0.15, -0.1) is 0 Å². The average molecular weight is 372 g/mol. The van der Waals surface area contributed by atoms with Crippen LogP contribution in [0.15, 0.2) is 65.6 Å². The van der Waals surface area contributed by atoms with Gasteiger partial charge in [0.2, 0.25) is 0 Å². The molecule has 1 saturated carbocycles. The highest BCUT2D eigenvalue weighted by Gasteiger charge is 2.54. The topological polar surface area (TPSA) is 77.5 Å². The van der Waals surface area contributed by atoms with Crippen LogP contribution in [-0.4, -0.2) is 31.5 Å². The van der Waals surface area contributed by atoms with Gasteiger partial charge in [-0.25, -0.2) is 8.42 Å². The van der Waals surface area contributed by atoms with Gasteiger partial charge in [-0.3, -0.25) is 9.59 Å². The largest absolute Gasteiger partial charge is 0.456 e. The summed E-state index contributed by atoms with van der Waals surface area (Å²) in [5.41, 5.74) is 0.423. The number of hydrogen-bond donors (Lipinski definition) is 0. The lowest BCUT2D eigenvalue weighted by Crippen LogP contribution is -2.45. The summed E-state index contributed by atoms with van der Waals surface area (Å²) in [6.45, 7) is -0.463. The monoisotopic (exact) mass is 372 g/mol. The highest BCUT2D eigenvalue weighted by Crippen LogP contribution is 2.41. The molecule has 0 atom stereocenters. The van der Waals surface area contributed by atoms with Crippen LogP contribution in [0.25, 0.3) is 0 Å². The number of Topliss-reactive ketones (excluding diaryl/α,β-unsaturated/α-hetero) is 1. The lowest BCUT2D eigenvalue weighted by atomic mass is 10.1. The lowest BCUT2D eigenvalue weighted by molar-refractivity contribution is -0.145. The Morgan fingerprint density at radius 1 is 0.885 bits per heavy atom. The first kappa shape index (κ1) is 18.3. The van der Waals surface area contributed by atoms with Crippen molar-refractivity contribution < 1.29 is 22.7 Å². The Hall–Kier alpha value is -2.47. The zero-order valence-electron chi connectivity index (χ0n) is 14.3. The van der Waals surface area contributed by atoms with Gasteiger partial charge in [0, 0.05) is 5.56 Å². The summed E-state index contributed by atoms with van der Waals surface area (Å²) < 4.78 is 29.8. The molecule has 0 spiro atoms. The molecule has 2 aromatic rings. The third-order valence-electron chi connectivity index (χ3n) is 4.78. The van der Waals surface area contributed by atoms with E-state index in [1.807, 2.05) is 0 Å². The standard InChI is InChI=1S/C20H20O5S/c21-18(16-9-3-1-4-10-16)15-25-19(22)20(13-7-8-14-20)26(23,24)17-11-5-2-6-12-17/h1-6,9-12H,7-8,13-15H2. The Morgan fingerprint density at radius 2 is 1.42 bits per heavy atom. The number of ketones is 1. The van der Waals surface area contributed by atoms with Crippen LogP contribution in [0.3, 0.4) is 0 Å². The van der Waals surface area contributed by atoms with Crippen LogP contribution in [0, 0.1) is 0 Å². The second-order valence-electron chi connectivity index (χ2n) is 6.38. The minimum atomic E-state index is -3.90. The van der Waals surface area contributed by atoms with E-state index in [-0.39, 0.29) is 23.5 Å². The van der Waals surface area contributed by atoms with Crippen molar-refractivity contribution in [2.75, 3.05) is 6.61 Å². The maximum Gasteiger partial charge on any atom is 0.328 e. The molecular weight excluding hydrogens is 352 g/mol. The number of carbonyl (C=O) groups is 2. The summed E-state index contributed by atoms with van der Waals surface area (Å²) >= 11 is 0. The van der Waals surface area contributed by atoms with Crippen molar-refractivity contribution in [2.24, 2.45) is 0 Å². The van der Waals surface area contributed by atoms with E-state index in [9.17, 15) is 18.0 Å². The molecule has 0 N–H and O–H groups in total. The minimum Gasteiger partial charge on any atom is -0.456 e. The SMILES string of the molecule is O=C(COC(=O)C1(S(=O)(=O)c2ccccc2)CCCC1)c1ccccc1. The van der Waals surface area contributed by atoms with Gasteiger partial charge in [0.15, 0.2) is 27.0 Å². The number of carbonyl (C=O) groups excluding carboxylic acids is 2. The van der Waals surface area contributed by atoms with Crippen molar-refractivity contribution in [1.82, 2.24) is 0 Å². The molecule has 0 amide bonds. The highest BCUT2D eigenvalue weighted by atomic mass is 32.2. The second kappa shape index (κ2) is 7.41. The summed E-state index contributed by atoms with van der Waals surface area (Å²) in [6, 6.07) is 16.4. The molecule has 136 valence electrons. The van der Waals surface area contributed by atoms with E-state index in [1.165, 1.54) is 12.1 Å². The fraction of sp³-hybridized carbons (Fsp3) is 0.300. The number of rotatable bonds is 6. The van der Waals surface area contributed by atoms with Gasteiger partial charge >= 0.3 is 5.97 Å². The van der Waals surface area contributed by atoms with Crippen molar-refractivity contribution in [3.05, 3.63) is 66.2 Å². The molecule has 0 radical (unpaired) electrons. The van der Waals surface area contributed by atoms with Gasteiger partial charge < -0.3 is 4.74 Å². The lowest BCUT2D eigenvalue weighted by Gasteiger charge is -2.26. The molecule has 1 aliphatic rings. The van der Waals surface area contributed by atoms with Gasteiger partial charge in [-0.1, -0.05) is 61.4 Å². The molecular formula is C20H20O5S. The van der Waals surface area contributed by atoms with Gasteiger partial charge in [-0.05, 0) is 25.0 Å². The molecule has 0 aromatic heterocycles. The summed E-state index contributed by atoms with van der Waals surface area (Å²) in [5, 5.41) is 0. The average Bonchev–Trinajstić information content (AvgIpc) is 3.19. The van der Waals surface area contributed by atoms with Crippen LogP contribution in [0.1, 0.15) is 36.0 Å². The molecule has 3 rings (SSSR count). The Kier molecular flexibility index (Phi) is 5.23. The van der Waals surface area contributed by atoms with Crippen LogP contribution in [0.5, 0.6) is 0 Å². The first-order valence-electron chi connectivity index (χ1n) is 8.52. The molecule has 0 saturated heterocycles. The maximum absolute atomic E-state index is 13.1. The fourth-order valence-electron chi connectivity index (χ4n) is 3.32.